The van der Waals surface area contributed by atoms with Gasteiger partial charge in [0.05, 0.1) is 0 Å². The maximum absolute atomic E-state index is 11.9. The quantitative estimate of drug-likeness (QED) is 0.572. The van der Waals surface area contributed by atoms with Crippen LogP contribution in [0.4, 0.5) is 0 Å². The van der Waals surface area contributed by atoms with Gasteiger partial charge in [0.2, 0.25) is 0 Å². The number of rotatable bonds is 0. The average molecular weight is 252 g/mol. The average Bonchev–Trinajstić information content (AvgIpc) is 2.75. The lowest BCUT2D eigenvalue weighted by Gasteiger charge is -2.14. The predicted molar refractivity (Wildman–Crippen MR) is 76.6 cm³/mol. The fraction of sp³-hybridized carbons (Fsp3) is 0.188. The normalized spacial score (nSPS) is 15.2. The molecule has 0 unspecified atom stereocenters. The monoisotopic (exact) mass is 252 g/mol. The van der Waals surface area contributed by atoms with Gasteiger partial charge in [-0.2, -0.15) is 0 Å². The van der Waals surface area contributed by atoms with Crippen molar-refractivity contribution in [1.29, 1.82) is 0 Å². The van der Waals surface area contributed by atoms with Gasteiger partial charge in [0.15, 0.2) is 5.78 Å². The molecule has 1 aliphatic rings. The molecule has 1 aromatic heterocycles. The Bertz CT molecular complexity index is 782. The SMILES string of the molecule is O=C1CCCc2cc3c(cc21)sc1ccccc13. The number of fused-ring (bicyclic) bond motifs is 4. The van der Waals surface area contributed by atoms with E-state index < -0.39 is 0 Å². The number of carbonyl (C=O) groups is 1. The number of benzene rings is 2. The smallest absolute Gasteiger partial charge is 0.163 e. The first-order valence-corrected chi connectivity index (χ1v) is 7.12. The highest BCUT2D eigenvalue weighted by molar-refractivity contribution is 7.25. The van der Waals surface area contributed by atoms with Crippen molar-refractivity contribution in [2.45, 2.75) is 19.3 Å². The van der Waals surface area contributed by atoms with Gasteiger partial charge >= 0.3 is 0 Å². The van der Waals surface area contributed by atoms with Crippen LogP contribution in [0.2, 0.25) is 0 Å². The fourth-order valence-electron chi connectivity index (χ4n) is 2.86. The van der Waals surface area contributed by atoms with Crippen molar-refractivity contribution in [2.24, 2.45) is 0 Å². The van der Waals surface area contributed by atoms with E-state index in [1.54, 1.807) is 11.3 Å². The second-order valence-corrected chi connectivity index (χ2v) is 5.96. The number of hydrogen-bond acceptors (Lipinski definition) is 2. The Hall–Kier alpha value is -1.67. The molecular weight excluding hydrogens is 240 g/mol. The molecule has 0 N–H and O–H groups in total. The topological polar surface area (TPSA) is 17.1 Å². The van der Waals surface area contributed by atoms with Gasteiger partial charge in [0, 0.05) is 32.2 Å². The third kappa shape index (κ3) is 1.36. The molecular formula is C16H12OS. The Labute approximate surface area is 109 Å². The van der Waals surface area contributed by atoms with Crippen molar-refractivity contribution < 1.29 is 4.79 Å². The van der Waals surface area contributed by atoms with Crippen molar-refractivity contribution in [3.05, 3.63) is 47.5 Å². The van der Waals surface area contributed by atoms with E-state index in [-0.39, 0.29) is 0 Å². The van der Waals surface area contributed by atoms with E-state index in [9.17, 15) is 4.79 Å². The molecule has 0 bridgehead atoms. The molecule has 0 amide bonds. The summed E-state index contributed by atoms with van der Waals surface area (Å²) in [6.07, 6.45) is 2.75. The molecule has 4 rings (SSSR count). The van der Waals surface area contributed by atoms with Crippen molar-refractivity contribution in [1.82, 2.24) is 0 Å². The zero-order valence-corrected chi connectivity index (χ0v) is 10.7. The minimum Gasteiger partial charge on any atom is -0.294 e. The molecule has 0 radical (unpaired) electrons. The first kappa shape index (κ1) is 10.3. The van der Waals surface area contributed by atoms with E-state index in [0.717, 1.165) is 18.4 Å². The van der Waals surface area contributed by atoms with Gasteiger partial charge < -0.3 is 0 Å². The lowest BCUT2D eigenvalue weighted by Crippen LogP contribution is -2.10. The van der Waals surface area contributed by atoms with Crippen LogP contribution in [0.1, 0.15) is 28.8 Å². The minimum atomic E-state index is 0.315. The summed E-state index contributed by atoms with van der Waals surface area (Å²) in [5.41, 5.74) is 2.20. The maximum atomic E-state index is 11.9. The first-order valence-electron chi connectivity index (χ1n) is 6.30. The highest BCUT2D eigenvalue weighted by Crippen LogP contribution is 2.37. The first-order chi connectivity index (χ1) is 8.83. The number of hydrogen-bond donors (Lipinski definition) is 0. The molecule has 1 aliphatic carbocycles. The Balaban J connectivity index is 2.13. The van der Waals surface area contributed by atoms with Crippen molar-refractivity contribution in [3.8, 4) is 0 Å². The fourth-order valence-corrected chi connectivity index (χ4v) is 3.98. The van der Waals surface area contributed by atoms with E-state index in [2.05, 4.69) is 36.4 Å². The predicted octanol–water partition coefficient (Wildman–Crippen LogP) is 4.57. The van der Waals surface area contributed by atoms with Crippen LogP contribution in [0.25, 0.3) is 20.2 Å². The lowest BCUT2D eigenvalue weighted by molar-refractivity contribution is 0.0972. The molecule has 2 heteroatoms. The Morgan fingerprint density at radius 3 is 2.78 bits per heavy atom. The van der Waals surface area contributed by atoms with Gasteiger partial charge in [-0.3, -0.25) is 4.79 Å². The minimum absolute atomic E-state index is 0.315. The summed E-state index contributed by atoms with van der Waals surface area (Å²) in [5, 5.41) is 2.63. The summed E-state index contributed by atoms with van der Waals surface area (Å²) in [6.45, 7) is 0. The maximum Gasteiger partial charge on any atom is 0.163 e. The Morgan fingerprint density at radius 1 is 0.944 bits per heavy atom. The van der Waals surface area contributed by atoms with E-state index >= 15 is 0 Å². The van der Waals surface area contributed by atoms with Crippen LogP contribution >= 0.6 is 11.3 Å². The zero-order chi connectivity index (χ0) is 12.1. The summed E-state index contributed by atoms with van der Waals surface area (Å²) in [7, 11) is 0. The molecule has 0 atom stereocenters. The van der Waals surface area contributed by atoms with Gasteiger partial charge in [0.1, 0.15) is 0 Å². The van der Waals surface area contributed by atoms with Crippen molar-refractivity contribution in [3.63, 3.8) is 0 Å². The molecule has 18 heavy (non-hydrogen) atoms. The van der Waals surface area contributed by atoms with Gasteiger partial charge in [-0.05, 0) is 36.6 Å². The standard InChI is InChI=1S/C16H12OS/c17-14-6-3-4-10-8-13-11-5-1-2-7-15(11)18-16(13)9-12(10)14/h1-2,5,7-9H,3-4,6H2. The number of aryl methyl sites for hydroxylation is 1. The largest absolute Gasteiger partial charge is 0.294 e. The second-order valence-electron chi connectivity index (χ2n) is 4.88. The van der Waals surface area contributed by atoms with Crippen LogP contribution in [0, 0.1) is 0 Å². The summed E-state index contributed by atoms with van der Waals surface area (Å²) < 4.78 is 2.55. The van der Waals surface area contributed by atoms with Crippen LogP contribution in [0.3, 0.4) is 0 Å². The number of carbonyl (C=O) groups excluding carboxylic acids is 1. The molecule has 0 saturated heterocycles. The molecule has 1 nitrogen and oxygen atoms in total. The van der Waals surface area contributed by atoms with Gasteiger partial charge in [-0.25, -0.2) is 0 Å². The lowest BCUT2D eigenvalue weighted by atomic mass is 9.89. The molecule has 0 saturated carbocycles. The van der Waals surface area contributed by atoms with Crippen LogP contribution in [0.15, 0.2) is 36.4 Å². The van der Waals surface area contributed by atoms with E-state index in [1.165, 1.54) is 25.7 Å². The molecule has 0 aliphatic heterocycles. The van der Waals surface area contributed by atoms with E-state index in [1.807, 2.05) is 0 Å². The highest BCUT2D eigenvalue weighted by Gasteiger charge is 2.18. The van der Waals surface area contributed by atoms with Crippen LogP contribution in [-0.4, -0.2) is 5.78 Å². The molecule has 0 spiro atoms. The van der Waals surface area contributed by atoms with Crippen molar-refractivity contribution >= 4 is 37.3 Å². The summed E-state index contributed by atoms with van der Waals surface area (Å²) in [6, 6.07) is 12.8. The number of thiophene rings is 1. The van der Waals surface area contributed by atoms with Gasteiger partial charge in [0.25, 0.3) is 0 Å². The highest BCUT2D eigenvalue weighted by atomic mass is 32.1. The van der Waals surface area contributed by atoms with Crippen molar-refractivity contribution in [2.75, 3.05) is 0 Å². The van der Waals surface area contributed by atoms with E-state index in [4.69, 9.17) is 0 Å². The van der Waals surface area contributed by atoms with Gasteiger partial charge in [-0.1, -0.05) is 18.2 Å². The van der Waals surface area contributed by atoms with Crippen LogP contribution in [-0.2, 0) is 6.42 Å². The van der Waals surface area contributed by atoms with E-state index in [0.29, 0.717) is 12.2 Å². The summed E-state index contributed by atoms with van der Waals surface area (Å²) in [5.74, 6) is 0.315. The summed E-state index contributed by atoms with van der Waals surface area (Å²) >= 11 is 1.78. The van der Waals surface area contributed by atoms with Crippen LogP contribution in [0.5, 0.6) is 0 Å². The molecule has 1 heterocycles. The zero-order valence-electron chi connectivity index (χ0n) is 9.90. The third-order valence-corrected chi connectivity index (χ3v) is 4.89. The Morgan fingerprint density at radius 2 is 1.83 bits per heavy atom. The summed E-state index contributed by atoms with van der Waals surface area (Å²) in [4.78, 5) is 11.9. The second kappa shape index (κ2) is 3.66. The molecule has 88 valence electrons. The van der Waals surface area contributed by atoms with Crippen LogP contribution < -0.4 is 0 Å². The third-order valence-electron chi connectivity index (χ3n) is 3.75. The number of Topliss-reactive ketones (excluding diaryl/α,β-unsaturated/α-hetero) is 1. The van der Waals surface area contributed by atoms with Gasteiger partial charge in [-0.15, -0.1) is 11.3 Å². The molecule has 2 aromatic carbocycles. The molecule has 0 fully saturated rings. The Kier molecular flexibility index (Phi) is 2.09. The molecule has 3 aromatic rings. The number of ketones is 1.